The highest BCUT2D eigenvalue weighted by Crippen LogP contribution is 2.40. The molecule has 0 radical (unpaired) electrons. The number of anilines is 1. The molecular weight excluding hydrogens is 295 g/mol. The average molecular weight is 305 g/mol. The highest BCUT2D eigenvalue weighted by molar-refractivity contribution is 6.42. The quantitative estimate of drug-likeness (QED) is 0.668. The van der Waals surface area contributed by atoms with E-state index in [1.54, 1.807) is 0 Å². The van der Waals surface area contributed by atoms with Crippen molar-refractivity contribution in [3.63, 3.8) is 0 Å². The molecule has 0 spiro atoms. The van der Waals surface area contributed by atoms with Crippen LogP contribution in [0.15, 0.2) is 12.1 Å². The molecule has 1 aromatic rings. The fraction of sp³-hybridized carbons (Fsp3) is 0.364. The molecule has 1 N–H and O–H groups in total. The van der Waals surface area contributed by atoms with Gasteiger partial charge in [-0.3, -0.25) is 14.9 Å². The standard InChI is InChI=1S/C11H10Cl2N2O4/c12-7-3-9(10(15(18)19)4-8(7)13)14(5-11(16)17)6-1-2-6/h3-4,6H,1-2,5H2,(H,16,17). The molecular formula is C11H10Cl2N2O4. The van der Waals surface area contributed by atoms with Gasteiger partial charge in [0.2, 0.25) is 0 Å². The van der Waals surface area contributed by atoms with Crippen LogP contribution in [0.3, 0.4) is 0 Å². The summed E-state index contributed by atoms with van der Waals surface area (Å²) in [4.78, 5) is 22.8. The number of nitro benzene ring substituents is 1. The van der Waals surface area contributed by atoms with Gasteiger partial charge < -0.3 is 10.0 Å². The molecule has 0 atom stereocenters. The van der Waals surface area contributed by atoms with E-state index in [9.17, 15) is 14.9 Å². The summed E-state index contributed by atoms with van der Waals surface area (Å²) in [6, 6.07) is 2.51. The molecule has 0 aliphatic heterocycles. The van der Waals surface area contributed by atoms with Gasteiger partial charge in [-0.15, -0.1) is 0 Å². The van der Waals surface area contributed by atoms with Crippen LogP contribution in [-0.4, -0.2) is 28.6 Å². The van der Waals surface area contributed by atoms with E-state index in [0.717, 1.165) is 18.9 Å². The summed E-state index contributed by atoms with van der Waals surface area (Å²) in [6.45, 7) is -0.302. The van der Waals surface area contributed by atoms with Crippen molar-refractivity contribution in [3.8, 4) is 0 Å². The summed E-state index contributed by atoms with van der Waals surface area (Å²) in [5, 5.41) is 20.2. The molecule has 2 rings (SSSR count). The first kappa shape index (κ1) is 13.9. The number of hydrogen-bond donors (Lipinski definition) is 1. The lowest BCUT2D eigenvalue weighted by molar-refractivity contribution is -0.384. The van der Waals surface area contributed by atoms with E-state index in [0.29, 0.717) is 0 Å². The number of carboxylic acids is 1. The van der Waals surface area contributed by atoms with Crippen LogP contribution >= 0.6 is 23.2 Å². The number of carbonyl (C=O) groups is 1. The molecule has 1 fully saturated rings. The molecule has 1 aliphatic carbocycles. The van der Waals surface area contributed by atoms with Crippen molar-refractivity contribution in [1.82, 2.24) is 0 Å². The molecule has 1 saturated carbocycles. The Bertz CT molecular complexity index is 546. The number of halogens is 2. The summed E-state index contributed by atoms with van der Waals surface area (Å²) >= 11 is 11.6. The zero-order chi connectivity index (χ0) is 14.2. The number of carboxylic acid groups (broad SMARTS) is 1. The minimum absolute atomic E-state index is 0.00652. The second-order valence-electron chi connectivity index (χ2n) is 4.26. The first-order chi connectivity index (χ1) is 8.90. The van der Waals surface area contributed by atoms with Crippen LogP contribution in [0.5, 0.6) is 0 Å². The fourth-order valence-electron chi connectivity index (χ4n) is 1.85. The summed E-state index contributed by atoms with van der Waals surface area (Å²) in [7, 11) is 0. The molecule has 0 amide bonds. The summed E-state index contributed by atoms with van der Waals surface area (Å²) in [6.07, 6.45) is 1.62. The van der Waals surface area contributed by atoms with E-state index in [1.165, 1.54) is 11.0 Å². The van der Waals surface area contributed by atoms with Crippen LogP contribution in [0.2, 0.25) is 10.0 Å². The highest BCUT2D eigenvalue weighted by atomic mass is 35.5. The monoisotopic (exact) mass is 304 g/mol. The number of aliphatic carboxylic acids is 1. The lowest BCUT2D eigenvalue weighted by Crippen LogP contribution is -2.32. The minimum Gasteiger partial charge on any atom is -0.480 e. The van der Waals surface area contributed by atoms with E-state index in [4.69, 9.17) is 28.3 Å². The molecule has 1 aromatic carbocycles. The highest BCUT2D eigenvalue weighted by Gasteiger charge is 2.34. The second-order valence-corrected chi connectivity index (χ2v) is 5.08. The van der Waals surface area contributed by atoms with Gasteiger partial charge in [0.1, 0.15) is 12.2 Å². The van der Waals surface area contributed by atoms with Gasteiger partial charge in [-0.2, -0.15) is 0 Å². The van der Waals surface area contributed by atoms with Crippen LogP contribution in [0, 0.1) is 10.1 Å². The Hall–Kier alpha value is -1.53. The van der Waals surface area contributed by atoms with Crippen LogP contribution in [0.25, 0.3) is 0 Å². The van der Waals surface area contributed by atoms with E-state index in [2.05, 4.69) is 0 Å². The Morgan fingerprint density at radius 1 is 1.42 bits per heavy atom. The number of benzene rings is 1. The molecule has 0 bridgehead atoms. The van der Waals surface area contributed by atoms with E-state index < -0.39 is 10.9 Å². The van der Waals surface area contributed by atoms with Crippen LogP contribution in [0.4, 0.5) is 11.4 Å². The van der Waals surface area contributed by atoms with Crippen molar-refractivity contribution >= 4 is 40.5 Å². The first-order valence-electron chi connectivity index (χ1n) is 5.52. The van der Waals surface area contributed by atoms with Gasteiger partial charge in [0.05, 0.1) is 15.0 Å². The molecule has 0 unspecified atom stereocenters. The first-order valence-corrected chi connectivity index (χ1v) is 6.27. The van der Waals surface area contributed by atoms with Gasteiger partial charge in [0, 0.05) is 12.1 Å². The van der Waals surface area contributed by atoms with Crippen LogP contribution < -0.4 is 4.90 Å². The minimum atomic E-state index is -1.05. The Kier molecular flexibility index (Phi) is 3.82. The lowest BCUT2D eigenvalue weighted by atomic mass is 10.2. The Balaban J connectivity index is 2.48. The van der Waals surface area contributed by atoms with Crippen molar-refractivity contribution in [3.05, 3.63) is 32.3 Å². The Labute approximate surface area is 118 Å². The lowest BCUT2D eigenvalue weighted by Gasteiger charge is -2.22. The van der Waals surface area contributed by atoms with E-state index in [-0.39, 0.29) is 34.0 Å². The van der Waals surface area contributed by atoms with Gasteiger partial charge >= 0.3 is 5.97 Å². The zero-order valence-electron chi connectivity index (χ0n) is 9.68. The van der Waals surface area contributed by atoms with Crippen LogP contribution in [0.1, 0.15) is 12.8 Å². The third kappa shape index (κ3) is 3.08. The van der Waals surface area contributed by atoms with Crippen LogP contribution in [-0.2, 0) is 4.79 Å². The van der Waals surface area contributed by atoms with Gasteiger partial charge in [0.15, 0.2) is 0 Å². The van der Waals surface area contributed by atoms with E-state index >= 15 is 0 Å². The topological polar surface area (TPSA) is 83.7 Å². The predicted octanol–water partition coefficient (Wildman–Crippen LogP) is 2.96. The zero-order valence-corrected chi connectivity index (χ0v) is 11.2. The second kappa shape index (κ2) is 5.22. The van der Waals surface area contributed by atoms with Crippen molar-refractivity contribution in [2.75, 3.05) is 11.4 Å². The molecule has 0 aromatic heterocycles. The summed E-state index contributed by atoms with van der Waals surface area (Å²) < 4.78 is 0. The van der Waals surface area contributed by atoms with Gasteiger partial charge in [-0.25, -0.2) is 0 Å². The summed E-state index contributed by atoms with van der Waals surface area (Å²) in [5.41, 5.74) is -0.0353. The van der Waals surface area contributed by atoms with Crippen molar-refractivity contribution < 1.29 is 14.8 Å². The average Bonchev–Trinajstić information content (AvgIpc) is 3.12. The maximum atomic E-state index is 11.0. The smallest absolute Gasteiger partial charge is 0.323 e. The Morgan fingerprint density at radius 2 is 2.00 bits per heavy atom. The molecule has 19 heavy (non-hydrogen) atoms. The number of nitro groups is 1. The van der Waals surface area contributed by atoms with E-state index in [1.807, 2.05) is 0 Å². The SMILES string of the molecule is O=C(O)CN(c1cc(Cl)c(Cl)cc1[N+](=O)[O-])C1CC1. The van der Waals surface area contributed by atoms with Crippen molar-refractivity contribution in [2.45, 2.75) is 18.9 Å². The van der Waals surface area contributed by atoms with Gasteiger partial charge in [0.25, 0.3) is 5.69 Å². The maximum Gasteiger partial charge on any atom is 0.323 e. The third-order valence-electron chi connectivity index (χ3n) is 2.82. The molecule has 6 nitrogen and oxygen atoms in total. The number of nitrogens with zero attached hydrogens (tertiary/aromatic N) is 2. The molecule has 102 valence electrons. The maximum absolute atomic E-state index is 11.0. The fourth-order valence-corrected chi connectivity index (χ4v) is 2.16. The molecule has 0 heterocycles. The normalized spacial score (nSPS) is 14.2. The number of hydrogen-bond acceptors (Lipinski definition) is 4. The molecule has 0 saturated heterocycles. The molecule has 8 heteroatoms. The largest absolute Gasteiger partial charge is 0.480 e. The van der Waals surface area contributed by atoms with Gasteiger partial charge in [-0.1, -0.05) is 23.2 Å². The predicted molar refractivity (Wildman–Crippen MR) is 71.1 cm³/mol. The molecule has 1 aliphatic rings. The number of rotatable bonds is 5. The van der Waals surface area contributed by atoms with Crippen molar-refractivity contribution in [2.24, 2.45) is 0 Å². The van der Waals surface area contributed by atoms with Crippen molar-refractivity contribution in [1.29, 1.82) is 0 Å². The Morgan fingerprint density at radius 3 is 2.47 bits per heavy atom. The van der Waals surface area contributed by atoms with Gasteiger partial charge in [-0.05, 0) is 18.9 Å². The third-order valence-corrected chi connectivity index (χ3v) is 3.54. The summed E-state index contributed by atoms with van der Waals surface area (Å²) in [5.74, 6) is -1.05.